The van der Waals surface area contributed by atoms with Crippen LogP contribution in [0.4, 0.5) is 4.79 Å². The van der Waals surface area contributed by atoms with Crippen LogP contribution in [0, 0.1) is 0 Å². The van der Waals surface area contributed by atoms with E-state index in [0.29, 0.717) is 19.3 Å². The fourth-order valence-electron chi connectivity index (χ4n) is 1.76. The molecular weight excluding hydrogens is 274 g/mol. The Morgan fingerprint density at radius 2 is 1.95 bits per heavy atom. The van der Waals surface area contributed by atoms with Gasteiger partial charge < -0.3 is 19.9 Å². The molecule has 2 N–H and O–H groups in total. The van der Waals surface area contributed by atoms with Crippen LogP contribution in [0.2, 0.25) is 0 Å². The van der Waals surface area contributed by atoms with Gasteiger partial charge in [-0.1, -0.05) is 30.3 Å². The number of esters is 1. The number of methoxy groups -OCH3 is 1. The first-order chi connectivity index (χ1) is 10.2. The molecule has 0 saturated heterocycles. The van der Waals surface area contributed by atoms with E-state index in [4.69, 9.17) is 9.84 Å². The Labute approximate surface area is 124 Å². The molecule has 1 amide bonds. The van der Waals surface area contributed by atoms with Gasteiger partial charge in [0.1, 0.15) is 12.6 Å². The average Bonchev–Trinajstić information content (AvgIpc) is 2.52. The molecule has 0 aromatic heterocycles. The summed E-state index contributed by atoms with van der Waals surface area (Å²) in [6.07, 6.45) is 0.898. The van der Waals surface area contributed by atoms with Crippen LogP contribution in [0.5, 0.6) is 0 Å². The van der Waals surface area contributed by atoms with Crippen molar-refractivity contribution in [1.29, 1.82) is 0 Å². The van der Waals surface area contributed by atoms with Crippen LogP contribution < -0.4 is 5.32 Å². The zero-order chi connectivity index (χ0) is 15.5. The normalized spacial score (nSPS) is 11.5. The molecule has 0 unspecified atom stereocenters. The van der Waals surface area contributed by atoms with Crippen molar-refractivity contribution in [1.82, 2.24) is 5.32 Å². The quantitative estimate of drug-likeness (QED) is 0.562. The standard InChI is InChI=1S/C15H21NO5/c1-20-14(18)13(9-5-6-10-17)16-15(19)21-11-12-7-3-2-4-8-12/h2-4,7-8,13,17H,5-6,9-11H2,1H3,(H,16,19)/t13-/m0/s1. The molecule has 6 nitrogen and oxygen atoms in total. The van der Waals surface area contributed by atoms with Crippen LogP contribution in [-0.4, -0.2) is 36.9 Å². The minimum absolute atomic E-state index is 0.0480. The minimum Gasteiger partial charge on any atom is -0.467 e. The lowest BCUT2D eigenvalue weighted by molar-refractivity contribution is -0.143. The molecule has 1 aromatic rings. The second kappa shape index (κ2) is 9.77. The molecule has 21 heavy (non-hydrogen) atoms. The van der Waals surface area contributed by atoms with E-state index in [9.17, 15) is 9.59 Å². The lowest BCUT2D eigenvalue weighted by Crippen LogP contribution is -2.41. The van der Waals surface area contributed by atoms with E-state index in [1.165, 1.54) is 7.11 Å². The van der Waals surface area contributed by atoms with Crippen LogP contribution in [0.1, 0.15) is 24.8 Å². The molecule has 0 spiro atoms. The second-order valence-corrected chi connectivity index (χ2v) is 4.50. The van der Waals surface area contributed by atoms with Crippen molar-refractivity contribution in [2.24, 2.45) is 0 Å². The number of hydrogen-bond donors (Lipinski definition) is 2. The summed E-state index contributed by atoms with van der Waals surface area (Å²) in [7, 11) is 1.26. The molecule has 0 aliphatic rings. The maximum atomic E-state index is 11.7. The summed E-state index contributed by atoms with van der Waals surface area (Å²) in [5.41, 5.74) is 0.863. The molecule has 0 aliphatic carbocycles. The van der Waals surface area contributed by atoms with Gasteiger partial charge in [0, 0.05) is 6.61 Å². The Hall–Kier alpha value is -2.08. The molecular formula is C15H21NO5. The maximum Gasteiger partial charge on any atom is 0.408 e. The van der Waals surface area contributed by atoms with Gasteiger partial charge in [-0.15, -0.1) is 0 Å². The largest absolute Gasteiger partial charge is 0.467 e. The van der Waals surface area contributed by atoms with Gasteiger partial charge in [-0.3, -0.25) is 0 Å². The third-order valence-electron chi connectivity index (χ3n) is 2.89. The van der Waals surface area contributed by atoms with Crippen molar-refractivity contribution in [2.75, 3.05) is 13.7 Å². The molecule has 6 heteroatoms. The average molecular weight is 295 g/mol. The smallest absolute Gasteiger partial charge is 0.408 e. The number of amides is 1. The predicted octanol–water partition coefficient (Wildman–Crippen LogP) is 1.62. The Bertz CT molecular complexity index is 435. The van der Waals surface area contributed by atoms with Gasteiger partial charge in [0.15, 0.2) is 0 Å². The van der Waals surface area contributed by atoms with E-state index in [0.717, 1.165) is 5.56 Å². The van der Waals surface area contributed by atoms with Crippen LogP contribution in [0.25, 0.3) is 0 Å². The molecule has 116 valence electrons. The number of alkyl carbamates (subject to hydrolysis) is 1. The van der Waals surface area contributed by atoms with Gasteiger partial charge in [0.2, 0.25) is 0 Å². The Kier molecular flexibility index (Phi) is 7.89. The molecule has 0 bridgehead atoms. The number of carbonyl (C=O) groups excluding carboxylic acids is 2. The van der Waals surface area contributed by atoms with Gasteiger partial charge >= 0.3 is 12.1 Å². The number of benzene rings is 1. The first-order valence-electron chi connectivity index (χ1n) is 6.83. The van der Waals surface area contributed by atoms with Crippen molar-refractivity contribution in [3.63, 3.8) is 0 Å². The van der Waals surface area contributed by atoms with Gasteiger partial charge in [-0.2, -0.15) is 0 Å². The molecule has 0 aliphatic heterocycles. The third kappa shape index (κ3) is 6.76. The van der Waals surface area contributed by atoms with Crippen molar-refractivity contribution in [3.8, 4) is 0 Å². The Morgan fingerprint density at radius 1 is 1.24 bits per heavy atom. The molecule has 1 aromatic carbocycles. The number of aliphatic hydroxyl groups is 1. The summed E-state index contributed by atoms with van der Waals surface area (Å²) >= 11 is 0. The molecule has 1 rings (SSSR count). The number of unbranched alkanes of at least 4 members (excludes halogenated alkanes) is 1. The van der Waals surface area contributed by atoms with E-state index in [-0.39, 0.29) is 13.2 Å². The van der Waals surface area contributed by atoms with Crippen LogP contribution in [-0.2, 0) is 20.9 Å². The minimum atomic E-state index is -0.759. The van der Waals surface area contributed by atoms with Gasteiger partial charge in [-0.25, -0.2) is 9.59 Å². The lowest BCUT2D eigenvalue weighted by atomic mass is 10.1. The fraction of sp³-hybridized carbons (Fsp3) is 0.467. The first-order valence-corrected chi connectivity index (χ1v) is 6.83. The molecule has 0 saturated carbocycles. The Morgan fingerprint density at radius 3 is 2.57 bits per heavy atom. The number of rotatable bonds is 8. The third-order valence-corrected chi connectivity index (χ3v) is 2.89. The highest BCUT2D eigenvalue weighted by atomic mass is 16.6. The summed E-state index contributed by atoms with van der Waals surface area (Å²) in [6.45, 7) is 0.184. The highest BCUT2D eigenvalue weighted by Crippen LogP contribution is 2.05. The monoisotopic (exact) mass is 295 g/mol. The van der Waals surface area contributed by atoms with Crippen LogP contribution in [0.15, 0.2) is 30.3 Å². The van der Waals surface area contributed by atoms with E-state index >= 15 is 0 Å². The highest BCUT2D eigenvalue weighted by molar-refractivity contribution is 5.81. The van der Waals surface area contributed by atoms with E-state index in [1.807, 2.05) is 30.3 Å². The van der Waals surface area contributed by atoms with E-state index in [1.54, 1.807) is 0 Å². The van der Waals surface area contributed by atoms with Crippen LogP contribution in [0.3, 0.4) is 0 Å². The number of hydrogen-bond acceptors (Lipinski definition) is 5. The fourth-order valence-corrected chi connectivity index (χ4v) is 1.76. The topological polar surface area (TPSA) is 84.9 Å². The summed E-state index contributed by atoms with van der Waals surface area (Å²) in [4.78, 5) is 23.3. The van der Waals surface area contributed by atoms with E-state index < -0.39 is 18.1 Å². The molecule has 0 fully saturated rings. The molecule has 0 radical (unpaired) electrons. The van der Waals surface area contributed by atoms with Gasteiger partial charge in [0.25, 0.3) is 0 Å². The summed E-state index contributed by atoms with van der Waals surface area (Å²) in [6, 6.07) is 8.49. The number of nitrogens with one attached hydrogen (secondary N) is 1. The first kappa shape index (κ1) is 17.0. The number of aliphatic hydroxyl groups excluding tert-OH is 1. The summed E-state index contributed by atoms with van der Waals surface area (Å²) in [5.74, 6) is -0.524. The Balaban J connectivity index is 2.41. The lowest BCUT2D eigenvalue weighted by Gasteiger charge is -2.16. The van der Waals surface area contributed by atoms with Gasteiger partial charge in [-0.05, 0) is 24.8 Å². The van der Waals surface area contributed by atoms with Crippen molar-refractivity contribution in [2.45, 2.75) is 31.9 Å². The molecule has 1 atom stereocenters. The van der Waals surface area contributed by atoms with Crippen molar-refractivity contribution < 1.29 is 24.2 Å². The van der Waals surface area contributed by atoms with Crippen molar-refractivity contribution >= 4 is 12.1 Å². The summed E-state index contributed by atoms with van der Waals surface area (Å²) in [5, 5.41) is 11.2. The SMILES string of the molecule is COC(=O)[C@H](CCCCO)NC(=O)OCc1ccccc1. The van der Waals surface area contributed by atoms with Crippen LogP contribution >= 0.6 is 0 Å². The maximum absolute atomic E-state index is 11.7. The number of ether oxygens (including phenoxy) is 2. The van der Waals surface area contributed by atoms with Gasteiger partial charge in [0.05, 0.1) is 7.11 Å². The number of carbonyl (C=O) groups is 2. The highest BCUT2D eigenvalue weighted by Gasteiger charge is 2.21. The second-order valence-electron chi connectivity index (χ2n) is 4.50. The zero-order valence-electron chi connectivity index (χ0n) is 12.1. The van der Waals surface area contributed by atoms with Crippen molar-refractivity contribution in [3.05, 3.63) is 35.9 Å². The molecule has 0 heterocycles. The predicted molar refractivity (Wildman–Crippen MR) is 76.5 cm³/mol. The summed E-state index contributed by atoms with van der Waals surface area (Å²) < 4.78 is 9.69. The zero-order valence-corrected chi connectivity index (χ0v) is 12.1. The van der Waals surface area contributed by atoms with E-state index in [2.05, 4.69) is 10.1 Å².